The molecule has 0 fully saturated rings. The second-order valence-electron chi connectivity index (χ2n) is 6.98. The van der Waals surface area contributed by atoms with Crippen molar-refractivity contribution in [1.29, 1.82) is 0 Å². The summed E-state index contributed by atoms with van der Waals surface area (Å²) in [5.41, 5.74) is 3.50. The molecule has 2 N–H and O–H groups in total. The summed E-state index contributed by atoms with van der Waals surface area (Å²) in [4.78, 5) is 25.0. The zero-order valence-electron chi connectivity index (χ0n) is 17.6. The zero-order valence-corrected chi connectivity index (χ0v) is 17.6. The molecule has 1 aliphatic rings. The fourth-order valence-corrected chi connectivity index (χ4v) is 3.26. The van der Waals surface area contributed by atoms with E-state index in [-0.39, 0.29) is 12.6 Å². The van der Waals surface area contributed by atoms with Gasteiger partial charge in [-0.05, 0) is 44.0 Å². The van der Waals surface area contributed by atoms with Gasteiger partial charge in [-0.2, -0.15) is 0 Å². The summed E-state index contributed by atoms with van der Waals surface area (Å²) in [6, 6.07) is 12.0. The van der Waals surface area contributed by atoms with E-state index in [1.165, 1.54) is 0 Å². The van der Waals surface area contributed by atoms with E-state index in [9.17, 15) is 9.59 Å². The minimum atomic E-state index is -0.672. The van der Waals surface area contributed by atoms with Gasteiger partial charge in [0.2, 0.25) is 0 Å². The van der Waals surface area contributed by atoms with Gasteiger partial charge in [0.05, 0.1) is 25.3 Å². The van der Waals surface area contributed by atoms with Crippen LogP contribution in [0, 0.1) is 6.92 Å². The van der Waals surface area contributed by atoms with E-state index in [1.807, 2.05) is 38.1 Å². The number of ether oxygens (including phenoxy) is 3. The molecular formula is C23H26N2O5. The van der Waals surface area contributed by atoms with Crippen LogP contribution in [0.25, 0.3) is 0 Å². The van der Waals surface area contributed by atoms with Crippen molar-refractivity contribution >= 4 is 12.0 Å². The Balaban J connectivity index is 1.87. The summed E-state index contributed by atoms with van der Waals surface area (Å²) in [5.74, 6) is 0.610. The minimum absolute atomic E-state index is 0.142. The average molecular weight is 410 g/mol. The van der Waals surface area contributed by atoms with Gasteiger partial charge >= 0.3 is 12.0 Å². The number of rotatable bonds is 7. The summed E-state index contributed by atoms with van der Waals surface area (Å²) >= 11 is 0. The van der Waals surface area contributed by atoms with Crippen LogP contribution < -0.4 is 20.1 Å². The van der Waals surface area contributed by atoms with Crippen LogP contribution in [0.1, 0.15) is 36.6 Å². The van der Waals surface area contributed by atoms with E-state index in [1.54, 1.807) is 32.2 Å². The Hall–Kier alpha value is -3.48. The third kappa shape index (κ3) is 4.74. The summed E-state index contributed by atoms with van der Waals surface area (Å²) in [7, 11) is 1.54. The molecule has 1 aliphatic heterocycles. The first-order valence-electron chi connectivity index (χ1n) is 9.74. The zero-order chi connectivity index (χ0) is 21.7. The Morgan fingerprint density at radius 3 is 2.47 bits per heavy atom. The largest absolute Gasteiger partial charge is 0.493 e. The number of aryl methyl sites for hydroxylation is 1. The Bertz CT molecular complexity index is 966. The van der Waals surface area contributed by atoms with E-state index in [4.69, 9.17) is 14.2 Å². The van der Waals surface area contributed by atoms with Crippen molar-refractivity contribution in [3.63, 3.8) is 0 Å². The minimum Gasteiger partial charge on any atom is -0.493 e. The summed E-state index contributed by atoms with van der Waals surface area (Å²) < 4.78 is 16.5. The summed E-state index contributed by atoms with van der Waals surface area (Å²) in [5, 5.41) is 5.45. The van der Waals surface area contributed by atoms with Crippen LogP contribution in [0.4, 0.5) is 4.79 Å². The van der Waals surface area contributed by atoms with Gasteiger partial charge in [0.25, 0.3) is 0 Å². The molecule has 1 unspecified atom stereocenters. The normalized spacial score (nSPS) is 15.9. The molecule has 7 nitrogen and oxygen atoms in total. The van der Waals surface area contributed by atoms with Crippen LogP contribution in [-0.4, -0.2) is 25.7 Å². The molecule has 0 saturated heterocycles. The van der Waals surface area contributed by atoms with Crippen molar-refractivity contribution in [2.75, 3.05) is 13.7 Å². The quantitative estimate of drug-likeness (QED) is 0.679. The van der Waals surface area contributed by atoms with Crippen molar-refractivity contribution in [3.05, 3.63) is 70.4 Å². The Morgan fingerprint density at radius 2 is 1.80 bits per heavy atom. The third-order valence-electron chi connectivity index (χ3n) is 4.80. The van der Waals surface area contributed by atoms with Crippen LogP contribution in [0.5, 0.6) is 11.5 Å². The molecule has 0 bridgehead atoms. The van der Waals surface area contributed by atoms with Crippen LogP contribution >= 0.6 is 0 Å². The number of esters is 1. The van der Waals surface area contributed by atoms with Gasteiger partial charge < -0.3 is 24.8 Å². The molecule has 1 heterocycles. The molecule has 3 rings (SSSR count). The van der Waals surface area contributed by atoms with Gasteiger partial charge in [0.1, 0.15) is 6.61 Å². The topological polar surface area (TPSA) is 85.9 Å². The van der Waals surface area contributed by atoms with Crippen LogP contribution in [0.2, 0.25) is 0 Å². The third-order valence-corrected chi connectivity index (χ3v) is 4.80. The molecule has 2 aromatic rings. The molecule has 7 heteroatoms. The summed E-state index contributed by atoms with van der Waals surface area (Å²) in [6.07, 6.45) is 0. The SMILES string of the molecule is CCOc1ccc(C2NC(=O)NC(C)=C2C(=O)OCc2ccc(C)cc2)cc1OC. The molecule has 0 aromatic heterocycles. The van der Waals surface area contributed by atoms with Gasteiger partial charge in [-0.3, -0.25) is 0 Å². The Labute approximate surface area is 176 Å². The van der Waals surface area contributed by atoms with E-state index in [0.29, 0.717) is 34.9 Å². The lowest BCUT2D eigenvalue weighted by molar-refractivity contribution is -0.140. The number of hydrogen-bond acceptors (Lipinski definition) is 5. The van der Waals surface area contributed by atoms with Crippen molar-refractivity contribution in [2.24, 2.45) is 0 Å². The van der Waals surface area contributed by atoms with Crippen molar-refractivity contribution in [2.45, 2.75) is 33.4 Å². The van der Waals surface area contributed by atoms with Crippen molar-refractivity contribution < 1.29 is 23.8 Å². The number of hydrogen-bond donors (Lipinski definition) is 2. The van der Waals surface area contributed by atoms with Crippen molar-refractivity contribution in [3.8, 4) is 11.5 Å². The molecule has 0 radical (unpaired) electrons. The number of nitrogens with one attached hydrogen (secondary N) is 2. The van der Waals surface area contributed by atoms with Gasteiger partial charge in [0.15, 0.2) is 11.5 Å². The molecule has 1 atom stereocenters. The highest BCUT2D eigenvalue weighted by Crippen LogP contribution is 2.34. The maximum absolute atomic E-state index is 12.9. The van der Waals surface area contributed by atoms with E-state index in [2.05, 4.69) is 10.6 Å². The molecule has 2 aromatic carbocycles. The lowest BCUT2D eigenvalue weighted by atomic mass is 9.95. The smallest absolute Gasteiger partial charge is 0.338 e. The highest BCUT2D eigenvalue weighted by atomic mass is 16.5. The van der Waals surface area contributed by atoms with Gasteiger partial charge in [-0.25, -0.2) is 9.59 Å². The van der Waals surface area contributed by atoms with E-state index >= 15 is 0 Å². The molecule has 0 aliphatic carbocycles. The number of urea groups is 1. The van der Waals surface area contributed by atoms with Crippen LogP contribution in [0.15, 0.2) is 53.7 Å². The maximum atomic E-state index is 12.9. The number of benzene rings is 2. The lowest BCUT2D eigenvalue weighted by Crippen LogP contribution is -2.45. The highest BCUT2D eigenvalue weighted by molar-refractivity contribution is 5.95. The number of carbonyl (C=O) groups excluding carboxylic acids is 2. The first-order chi connectivity index (χ1) is 14.4. The molecular weight excluding hydrogens is 384 g/mol. The molecule has 2 amide bonds. The molecule has 30 heavy (non-hydrogen) atoms. The highest BCUT2D eigenvalue weighted by Gasteiger charge is 2.32. The second kappa shape index (κ2) is 9.35. The van der Waals surface area contributed by atoms with Gasteiger partial charge in [-0.1, -0.05) is 35.9 Å². The Morgan fingerprint density at radius 1 is 1.07 bits per heavy atom. The van der Waals surface area contributed by atoms with E-state index < -0.39 is 12.0 Å². The van der Waals surface area contributed by atoms with Crippen molar-refractivity contribution in [1.82, 2.24) is 10.6 Å². The first kappa shape index (κ1) is 21.2. The number of carbonyl (C=O) groups is 2. The predicted octanol–water partition coefficient (Wildman–Crippen LogP) is 3.77. The standard InChI is InChI=1S/C23H26N2O5/c1-5-29-18-11-10-17(12-19(18)28-4)21-20(15(3)24-23(27)25-21)22(26)30-13-16-8-6-14(2)7-9-16/h6-12,21H,5,13H2,1-4H3,(H2,24,25,27). The first-order valence-corrected chi connectivity index (χ1v) is 9.74. The summed E-state index contributed by atoms with van der Waals surface area (Å²) in [6.45, 7) is 6.20. The average Bonchev–Trinajstić information content (AvgIpc) is 2.73. The Kier molecular flexibility index (Phi) is 6.61. The fourth-order valence-electron chi connectivity index (χ4n) is 3.26. The van der Waals surface area contributed by atoms with Gasteiger partial charge in [-0.15, -0.1) is 0 Å². The second-order valence-corrected chi connectivity index (χ2v) is 6.98. The lowest BCUT2D eigenvalue weighted by Gasteiger charge is -2.28. The number of allylic oxidation sites excluding steroid dienone is 1. The van der Waals surface area contributed by atoms with Crippen LogP contribution in [0.3, 0.4) is 0 Å². The monoisotopic (exact) mass is 410 g/mol. The number of amides is 2. The molecule has 0 saturated carbocycles. The van der Waals surface area contributed by atoms with Gasteiger partial charge in [0, 0.05) is 5.70 Å². The number of methoxy groups -OCH3 is 1. The maximum Gasteiger partial charge on any atom is 0.338 e. The molecule has 0 spiro atoms. The molecule has 158 valence electrons. The van der Waals surface area contributed by atoms with Crippen LogP contribution in [-0.2, 0) is 16.1 Å². The fraction of sp³-hybridized carbons (Fsp3) is 0.304. The predicted molar refractivity (Wildman–Crippen MR) is 112 cm³/mol. The van der Waals surface area contributed by atoms with E-state index in [0.717, 1.165) is 11.1 Å².